The summed E-state index contributed by atoms with van der Waals surface area (Å²) in [5.74, 6) is -0.0240. The number of Topliss-reactive ketones (excluding diaryl/α,β-unsaturated/α-hetero) is 1. The number of aryl methyl sites for hydroxylation is 2. The minimum absolute atomic E-state index is 0.0177. The molecule has 0 saturated heterocycles. The van der Waals surface area contributed by atoms with Crippen molar-refractivity contribution in [2.45, 2.75) is 89.7 Å². The maximum atomic E-state index is 12.0. The van der Waals surface area contributed by atoms with Gasteiger partial charge < -0.3 is 10.8 Å². The van der Waals surface area contributed by atoms with Crippen LogP contribution in [0.4, 0.5) is 0 Å². The second-order valence-electron chi connectivity index (χ2n) is 13.2. The number of hydrogen-bond acceptors (Lipinski definition) is 5. The molecule has 1 aromatic heterocycles. The predicted molar refractivity (Wildman–Crippen MR) is 172 cm³/mol. The zero-order valence-electron chi connectivity index (χ0n) is 25.6. The van der Waals surface area contributed by atoms with E-state index in [1.165, 1.54) is 16.7 Å². The van der Waals surface area contributed by atoms with Gasteiger partial charge in [-0.25, -0.2) is 0 Å². The van der Waals surface area contributed by atoms with Gasteiger partial charge in [-0.15, -0.1) is 0 Å². The van der Waals surface area contributed by atoms with Crippen LogP contribution in [0, 0.1) is 23.7 Å². The highest BCUT2D eigenvalue weighted by atomic mass is 16.3. The fourth-order valence-electron chi connectivity index (χ4n) is 6.48. The Kier molecular flexibility index (Phi) is 9.11. The SMILES string of the molecule is Cc1ccc2ccc(C(N)Cc3cccc([C@@H](CCc4ccccc4C(C)(C)O)CCC4(CC(=O)C#N)CC4)c3)nc2c1. The van der Waals surface area contributed by atoms with Gasteiger partial charge in [-0.2, -0.15) is 5.26 Å². The summed E-state index contributed by atoms with van der Waals surface area (Å²) in [7, 11) is 0. The third-order valence-electron chi connectivity index (χ3n) is 9.21. The van der Waals surface area contributed by atoms with E-state index in [0.29, 0.717) is 12.8 Å². The van der Waals surface area contributed by atoms with Crippen LogP contribution in [0.15, 0.2) is 78.9 Å². The summed E-state index contributed by atoms with van der Waals surface area (Å²) in [5, 5.41) is 21.0. The van der Waals surface area contributed by atoms with Crippen LogP contribution in [0.2, 0.25) is 0 Å². The standard InChI is InChI=1S/C38H43N3O2/c1-26-11-12-30-15-16-35(41-36(30)21-26)34(40)23-27-7-6-9-31(22-27)28(17-18-38(19-20-38)24-32(42)25-39)13-14-29-8-4-5-10-33(29)37(2,3)43/h4-12,15-16,21-22,28,34,43H,13-14,17-20,23-24,40H2,1-3H3/t28-,34?/m0/s1. The molecule has 2 atom stereocenters. The third kappa shape index (κ3) is 7.76. The molecule has 1 heterocycles. The van der Waals surface area contributed by atoms with Gasteiger partial charge in [0.15, 0.2) is 0 Å². The molecular formula is C38H43N3O2. The maximum absolute atomic E-state index is 12.0. The van der Waals surface area contributed by atoms with Crippen molar-refractivity contribution in [3.8, 4) is 6.07 Å². The Morgan fingerprint density at radius 1 is 1.05 bits per heavy atom. The largest absolute Gasteiger partial charge is 0.386 e. The second kappa shape index (κ2) is 12.8. The van der Waals surface area contributed by atoms with Crippen molar-refractivity contribution in [2.24, 2.45) is 11.1 Å². The van der Waals surface area contributed by atoms with E-state index in [9.17, 15) is 9.90 Å². The molecule has 5 rings (SSSR count). The minimum Gasteiger partial charge on any atom is -0.386 e. The molecule has 5 nitrogen and oxygen atoms in total. The van der Waals surface area contributed by atoms with Crippen LogP contribution in [0.1, 0.15) is 97.8 Å². The monoisotopic (exact) mass is 573 g/mol. The van der Waals surface area contributed by atoms with Crippen LogP contribution in [0.5, 0.6) is 0 Å². The lowest BCUT2D eigenvalue weighted by Crippen LogP contribution is -2.18. The number of aromatic nitrogens is 1. The molecule has 5 heteroatoms. The number of rotatable bonds is 13. The van der Waals surface area contributed by atoms with Crippen LogP contribution in [0.3, 0.4) is 0 Å². The Morgan fingerprint density at radius 3 is 2.56 bits per heavy atom. The summed E-state index contributed by atoms with van der Waals surface area (Å²) >= 11 is 0. The zero-order chi connectivity index (χ0) is 30.6. The van der Waals surface area contributed by atoms with Crippen molar-refractivity contribution in [3.63, 3.8) is 0 Å². The molecule has 1 saturated carbocycles. The quantitative estimate of drug-likeness (QED) is 0.159. The highest BCUT2D eigenvalue weighted by Gasteiger charge is 2.44. The number of nitrogens with two attached hydrogens (primary N) is 1. The Bertz CT molecular complexity index is 1640. The number of aliphatic hydroxyl groups is 1. The number of ketones is 1. The molecule has 1 unspecified atom stereocenters. The Balaban J connectivity index is 1.36. The van der Waals surface area contributed by atoms with E-state index in [2.05, 4.69) is 61.5 Å². The van der Waals surface area contributed by atoms with E-state index < -0.39 is 5.60 Å². The zero-order valence-corrected chi connectivity index (χ0v) is 25.6. The molecule has 0 aliphatic heterocycles. The first kappa shape index (κ1) is 30.6. The number of carbonyl (C=O) groups excluding carboxylic acids is 1. The van der Waals surface area contributed by atoms with E-state index in [0.717, 1.165) is 66.2 Å². The molecule has 222 valence electrons. The number of nitrogens with zero attached hydrogens (tertiary/aromatic N) is 2. The van der Waals surface area contributed by atoms with Gasteiger partial charge in [0.2, 0.25) is 5.78 Å². The van der Waals surface area contributed by atoms with Gasteiger partial charge in [0.1, 0.15) is 6.07 Å². The van der Waals surface area contributed by atoms with Gasteiger partial charge >= 0.3 is 0 Å². The fourth-order valence-corrected chi connectivity index (χ4v) is 6.48. The number of fused-ring (bicyclic) bond motifs is 1. The number of pyridine rings is 1. The maximum Gasteiger partial charge on any atom is 0.232 e. The molecule has 0 amide bonds. The fraction of sp³-hybridized carbons (Fsp3) is 0.395. The lowest BCUT2D eigenvalue weighted by molar-refractivity contribution is -0.115. The summed E-state index contributed by atoms with van der Waals surface area (Å²) in [6.45, 7) is 5.75. The van der Waals surface area contributed by atoms with Crippen LogP contribution >= 0.6 is 0 Å². The van der Waals surface area contributed by atoms with Crippen molar-refractivity contribution >= 4 is 16.7 Å². The lowest BCUT2D eigenvalue weighted by Gasteiger charge is -2.25. The van der Waals surface area contributed by atoms with E-state index in [-0.39, 0.29) is 23.2 Å². The molecule has 43 heavy (non-hydrogen) atoms. The normalized spacial score (nSPS) is 15.5. The average Bonchev–Trinajstić information content (AvgIpc) is 3.75. The van der Waals surface area contributed by atoms with Crippen LogP contribution in [0.25, 0.3) is 10.9 Å². The smallest absolute Gasteiger partial charge is 0.232 e. The van der Waals surface area contributed by atoms with E-state index in [1.807, 2.05) is 44.2 Å². The second-order valence-corrected chi connectivity index (χ2v) is 13.2. The lowest BCUT2D eigenvalue weighted by atomic mass is 9.82. The molecule has 0 spiro atoms. The summed E-state index contributed by atoms with van der Waals surface area (Å²) < 4.78 is 0. The van der Waals surface area contributed by atoms with Gasteiger partial charge in [0, 0.05) is 11.8 Å². The van der Waals surface area contributed by atoms with Crippen molar-refractivity contribution < 1.29 is 9.90 Å². The first-order valence-corrected chi connectivity index (χ1v) is 15.5. The number of nitriles is 1. The molecule has 0 bridgehead atoms. The predicted octanol–water partition coefficient (Wildman–Crippen LogP) is 7.77. The van der Waals surface area contributed by atoms with E-state index in [4.69, 9.17) is 16.0 Å². The third-order valence-corrected chi connectivity index (χ3v) is 9.21. The highest BCUT2D eigenvalue weighted by molar-refractivity contribution is 5.93. The first-order valence-electron chi connectivity index (χ1n) is 15.5. The molecule has 4 aromatic rings. The molecule has 3 N–H and O–H groups in total. The number of hydrogen-bond donors (Lipinski definition) is 2. The summed E-state index contributed by atoms with van der Waals surface area (Å²) in [6, 6.07) is 28.9. The Morgan fingerprint density at radius 2 is 1.81 bits per heavy atom. The number of carbonyl (C=O) groups is 1. The van der Waals surface area contributed by atoms with Gasteiger partial charge in [0.05, 0.1) is 22.9 Å². The molecule has 1 aliphatic carbocycles. The topological polar surface area (TPSA) is 100 Å². The first-order chi connectivity index (χ1) is 20.5. The molecule has 1 aliphatic rings. The van der Waals surface area contributed by atoms with E-state index >= 15 is 0 Å². The van der Waals surface area contributed by atoms with Gasteiger partial charge in [-0.3, -0.25) is 9.78 Å². The molecule has 3 aromatic carbocycles. The van der Waals surface area contributed by atoms with Crippen LogP contribution in [-0.4, -0.2) is 15.9 Å². The summed E-state index contributed by atoms with van der Waals surface area (Å²) in [4.78, 5) is 16.9. The van der Waals surface area contributed by atoms with Gasteiger partial charge in [-0.05, 0) is 117 Å². The Hall–Kier alpha value is -3.85. The van der Waals surface area contributed by atoms with Crippen molar-refractivity contribution in [3.05, 3.63) is 112 Å². The number of benzene rings is 3. The van der Waals surface area contributed by atoms with Gasteiger partial charge in [-0.1, -0.05) is 66.7 Å². The van der Waals surface area contributed by atoms with Crippen LogP contribution < -0.4 is 5.73 Å². The van der Waals surface area contributed by atoms with E-state index in [1.54, 1.807) is 0 Å². The molecule has 0 radical (unpaired) electrons. The van der Waals surface area contributed by atoms with Gasteiger partial charge in [0.25, 0.3) is 0 Å². The minimum atomic E-state index is -0.909. The highest BCUT2D eigenvalue weighted by Crippen LogP contribution is 2.54. The Labute approximate surface area is 255 Å². The molecule has 1 fully saturated rings. The van der Waals surface area contributed by atoms with Crippen LogP contribution in [-0.2, 0) is 23.2 Å². The van der Waals surface area contributed by atoms with Crippen molar-refractivity contribution in [1.82, 2.24) is 4.98 Å². The average molecular weight is 574 g/mol. The van der Waals surface area contributed by atoms with Crippen molar-refractivity contribution in [1.29, 1.82) is 5.26 Å². The van der Waals surface area contributed by atoms with Crippen molar-refractivity contribution in [2.75, 3.05) is 0 Å². The molecular weight excluding hydrogens is 530 g/mol. The summed E-state index contributed by atoms with van der Waals surface area (Å²) in [6.07, 6.45) is 6.74. The summed E-state index contributed by atoms with van der Waals surface area (Å²) in [5.41, 5.74) is 13.4.